The first-order valence-corrected chi connectivity index (χ1v) is 5.74. The predicted octanol–water partition coefficient (Wildman–Crippen LogP) is 1.66. The standard InChI is InChI=1S/C12H11F3N2O2/c13-7-3-4-8(10(15)9(7)14)16-11(18)12(19)17-5-1-2-6-17/h3-4H,1-2,5-6H2,(H,16,18). The fourth-order valence-corrected chi connectivity index (χ4v) is 1.86. The Morgan fingerprint density at radius 2 is 1.68 bits per heavy atom. The van der Waals surface area contributed by atoms with Crippen LogP contribution < -0.4 is 5.32 Å². The van der Waals surface area contributed by atoms with Crippen molar-refractivity contribution in [1.82, 2.24) is 4.90 Å². The number of amides is 2. The summed E-state index contributed by atoms with van der Waals surface area (Å²) in [7, 11) is 0. The van der Waals surface area contributed by atoms with Crippen LogP contribution in [0.5, 0.6) is 0 Å². The molecule has 1 aromatic carbocycles. The molecule has 7 heteroatoms. The molecule has 1 N–H and O–H groups in total. The van der Waals surface area contributed by atoms with Gasteiger partial charge in [0.25, 0.3) is 0 Å². The number of benzene rings is 1. The minimum Gasteiger partial charge on any atom is -0.334 e. The van der Waals surface area contributed by atoms with Gasteiger partial charge in [-0.25, -0.2) is 13.2 Å². The summed E-state index contributed by atoms with van der Waals surface area (Å²) in [6, 6.07) is 1.54. The Bertz CT molecular complexity index is 528. The van der Waals surface area contributed by atoms with E-state index in [9.17, 15) is 22.8 Å². The van der Waals surface area contributed by atoms with Gasteiger partial charge in [-0.2, -0.15) is 0 Å². The molecule has 1 aromatic rings. The van der Waals surface area contributed by atoms with Crippen molar-refractivity contribution < 1.29 is 22.8 Å². The van der Waals surface area contributed by atoms with E-state index in [2.05, 4.69) is 0 Å². The predicted molar refractivity (Wildman–Crippen MR) is 60.8 cm³/mol. The van der Waals surface area contributed by atoms with Gasteiger partial charge in [-0.3, -0.25) is 9.59 Å². The molecule has 1 aliphatic rings. The molecule has 1 heterocycles. The lowest BCUT2D eigenvalue weighted by atomic mass is 10.2. The molecular weight excluding hydrogens is 261 g/mol. The maximum atomic E-state index is 13.3. The summed E-state index contributed by atoms with van der Waals surface area (Å²) in [6.07, 6.45) is 1.61. The first kappa shape index (κ1) is 13.4. The Balaban J connectivity index is 2.10. The summed E-state index contributed by atoms with van der Waals surface area (Å²) in [5.41, 5.74) is -0.559. The van der Waals surface area contributed by atoms with Gasteiger partial charge >= 0.3 is 11.8 Å². The number of nitrogens with zero attached hydrogens (tertiary/aromatic N) is 1. The van der Waals surface area contributed by atoms with Crippen molar-refractivity contribution in [1.29, 1.82) is 0 Å². The number of halogens is 3. The highest BCUT2D eigenvalue weighted by Gasteiger charge is 2.25. The molecule has 1 aliphatic heterocycles. The van der Waals surface area contributed by atoms with Crippen LogP contribution in [-0.4, -0.2) is 29.8 Å². The Morgan fingerprint density at radius 1 is 1.05 bits per heavy atom. The van der Waals surface area contributed by atoms with Gasteiger partial charge in [0.2, 0.25) is 0 Å². The number of nitrogens with one attached hydrogen (secondary N) is 1. The third-order valence-electron chi connectivity index (χ3n) is 2.87. The summed E-state index contributed by atoms with van der Waals surface area (Å²) >= 11 is 0. The van der Waals surface area contributed by atoms with Crippen molar-refractivity contribution in [2.45, 2.75) is 12.8 Å². The average Bonchev–Trinajstić information content (AvgIpc) is 2.92. The van der Waals surface area contributed by atoms with Crippen LogP contribution in [0.3, 0.4) is 0 Å². The fraction of sp³-hybridized carbons (Fsp3) is 0.333. The second-order valence-electron chi connectivity index (χ2n) is 4.18. The quantitative estimate of drug-likeness (QED) is 0.624. The first-order valence-electron chi connectivity index (χ1n) is 5.74. The lowest BCUT2D eigenvalue weighted by molar-refractivity contribution is -0.142. The molecule has 19 heavy (non-hydrogen) atoms. The van der Waals surface area contributed by atoms with Crippen molar-refractivity contribution in [3.8, 4) is 0 Å². The fourth-order valence-electron chi connectivity index (χ4n) is 1.86. The van der Waals surface area contributed by atoms with Crippen molar-refractivity contribution in [2.75, 3.05) is 18.4 Å². The molecule has 0 aromatic heterocycles. The zero-order valence-electron chi connectivity index (χ0n) is 9.88. The van der Waals surface area contributed by atoms with Crippen LogP contribution in [0.1, 0.15) is 12.8 Å². The number of likely N-dealkylation sites (tertiary alicyclic amines) is 1. The van der Waals surface area contributed by atoms with Crippen molar-refractivity contribution in [3.05, 3.63) is 29.6 Å². The second kappa shape index (κ2) is 5.29. The zero-order chi connectivity index (χ0) is 14.0. The van der Waals surface area contributed by atoms with E-state index < -0.39 is 35.0 Å². The molecule has 2 amide bonds. The summed E-state index contributed by atoms with van der Waals surface area (Å²) < 4.78 is 39.0. The highest BCUT2D eigenvalue weighted by Crippen LogP contribution is 2.19. The molecule has 0 saturated carbocycles. The monoisotopic (exact) mass is 272 g/mol. The van der Waals surface area contributed by atoms with Gasteiger partial charge in [0.05, 0.1) is 5.69 Å². The summed E-state index contributed by atoms with van der Waals surface area (Å²) in [5, 5.41) is 1.94. The summed E-state index contributed by atoms with van der Waals surface area (Å²) in [6.45, 7) is 0.930. The highest BCUT2D eigenvalue weighted by molar-refractivity contribution is 6.39. The van der Waals surface area contributed by atoms with Gasteiger partial charge in [-0.05, 0) is 25.0 Å². The molecule has 102 valence electrons. The highest BCUT2D eigenvalue weighted by atomic mass is 19.2. The largest absolute Gasteiger partial charge is 0.334 e. The SMILES string of the molecule is O=C(Nc1ccc(F)c(F)c1F)C(=O)N1CCCC1. The number of hydrogen-bond acceptors (Lipinski definition) is 2. The van der Waals surface area contributed by atoms with Crippen LogP contribution in [0.15, 0.2) is 12.1 Å². The molecule has 1 fully saturated rings. The van der Waals surface area contributed by atoms with E-state index in [-0.39, 0.29) is 0 Å². The van der Waals surface area contributed by atoms with Gasteiger partial charge in [0.15, 0.2) is 17.5 Å². The lowest BCUT2D eigenvalue weighted by Crippen LogP contribution is -2.37. The average molecular weight is 272 g/mol. The van der Waals surface area contributed by atoms with Gasteiger partial charge < -0.3 is 10.2 Å². The third kappa shape index (κ3) is 2.69. The molecule has 0 unspecified atom stereocenters. The molecule has 0 bridgehead atoms. The minimum atomic E-state index is -1.69. The number of rotatable bonds is 1. The summed E-state index contributed by atoms with van der Waals surface area (Å²) in [5.74, 6) is -6.44. The van der Waals surface area contributed by atoms with Gasteiger partial charge in [-0.1, -0.05) is 0 Å². The minimum absolute atomic E-state index is 0.465. The molecule has 4 nitrogen and oxygen atoms in total. The van der Waals surface area contributed by atoms with E-state index in [0.29, 0.717) is 19.2 Å². The van der Waals surface area contributed by atoms with E-state index in [1.165, 1.54) is 4.90 Å². The van der Waals surface area contributed by atoms with Crippen LogP contribution in [0, 0.1) is 17.5 Å². The maximum Gasteiger partial charge on any atom is 0.313 e. The topological polar surface area (TPSA) is 49.4 Å². The second-order valence-corrected chi connectivity index (χ2v) is 4.18. The number of hydrogen-bond donors (Lipinski definition) is 1. The van der Waals surface area contributed by atoms with Crippen molar-refractivity contribution in [3.63, 3.8) is 0 Å². The van der Waals surface area contributed by atoms with Crippen molar-refractivity contribution >= 4 is 17.5 Å². The molecule has 0 atom stereocenters. The smallest absolute Gasteiger partial charge is 0.313 e. The molecule has 0 spiro atoms. The van der Waals surface area contributed by atoms with Crippen LogP contribution >= 0.6 is 0 Å². The Morgan fingerprint density at radius 3 is 2.32 bits per heavy atom. The zero-order valence-corrected chi connectivity index (χ0v) is 9.88. The Labute approximate surface area is 107 Å². The first-order chi connectivity index (χ1) is 9.00. The molecule has 1 saturated heterocycles. The number of anilines is 1. The van der Waals surface area contributed by atoms with E-state index in [1.807, 2.05) is 5.32 Å². The van der Waals surface area contributed by atoms with E-state index >= 15 is 0 Å². The molecule has 0 aliphatic carbocycles. The van der Waals surface area contributed by atoms with Crippen LogP contribution in [0.25, 0.3) is 0 Å². The van der Waals surface area contributed by atoms with E-state index in [4.69, 9.17) is 0 Å². The van der Waals surface area contributed by atoms with Crippen LogP contribution in [0.2, 0.25) is 0 Å². The van der Waals surface area contributed by atoms with Gasteiger partial charge in [0, 0.05) is 13.1 Å². The maximum absolute atomic E-state index is 13.3. The van der Waals surface area contributed by atoms with E-state index in [0.717, 1.165) is 18.9 Å². The summed E-state index contributed by atoms with van der Waals surface area (Å²) in [4.78, 5) is 24.5. The van der Waals surface area contributed by atoms with Crippen LogP contribution in [0.4, 0.5) is 18.9 Å². The van der Waals surface area contributed by atoms with Gasteiger partial charge in [0.1, 0.15) is 0 Å². The molecule has 2 rings (SSSR count). The van der Waals surface area contributed by atoms with Crippen LogP contribution in [-0.2, 0) is 9.59 Å². The Hall–Kier alpha value is -2.05. The number of carbonyl (C=O) groups excluding carboxylic acids is 2. The molecule has 0 radical (unpaired) electrons. The van der Waals surface area contributed by atoms with Gasteiger partial charge in [-0.15, -0.1) is 0 Å². The number of carbonyl (C=O) groups is 2. The normalized spacial score (nSPS) is 14.6. The third-order valence-corrected chi connectivity index (χ3v) is 2.87. The lowest BCUT2D eigenvalue weighted by Gasteiger charge is -2.14. The molecular formula is C12H11F3N2O2. The Kier molecular flexibility index (Phi) is 3.73. The van der Waals surface area contributed by atoms with Crippen molar-refractivity contribution in [2.24, 2.45) is 0 Å². The van der Waals surface area contributed by atoms with E-state index in [1.54, 1.807) is 0 Å².